The molecule has 17 heavy (non-hydrogen) atoms. The van der Waals surface area contributed by atoms with Crippen molar-refractivity contribution >= 4 is 11.6 Å². The molecule has 1 N–H and O–H groups in total. The van der Waals surface area contributed by atoms with Gasteiger partial charge in [-0.05, 0) is 12.1 Å². The standard InChI is InChI=1S/C11H8F2N2O2/c1-6-14-10(5-17-6)11(16)15-9-3-2-7(12)4-8(9)13/h2-5H,1H3,(H,15,16). The molecule has 0 aliphatic rings. The molecular formula is C11H8F2N2O2. The second-order valence-corrected chi connectivity index (χ2v) is 3.33. The Morgan fingerprint density at radius 1 is 1.41 bits per heavy atom. The molecule has 6 heteroatoms. The summed E-state index contributed by atoms with van der Waals surface area (Å²) in [5, 5.41) is 2.26. The largest absolute Gasteiger partial charge is 0.448 e. The third-order valence-corrected chi connectivity index (χ3v) is 2.03. The van der Waals surface area contributed by atoms with E-state index in [4.69, 9.17) is 4.42 Å². The number of hydrogen-bond acceptors (Lipinski definition) is 3. The van der Waals surface area contributed by atoms with Gasteiger partial charge >= 0.3 is 0 Å². The van der Waals surface area contributed by atoms with Crippen molar-refractivity contribution in [2.75, 3.05) is 5.32 Å². The van der Waals surface area contributed by atoms with Crippen molar-refractivity contribution in [1.82, 2.24) is 4.98 Å². The fraction of sp³-hybridized carbons (Fsp3) is 0.0909. The zero-order chi connectivity index (χ0) is 12.4. The van der Waals surface area contributed by atoms with Gasteiger partial charge in [0.2, 0.25) is 0 Å². The summed E-state index contributed by atoms with van der Waals surface area (Å²) in [6.45, 7) is 1.58. The second-order valence-electron chi connectivity index (χ2n) is 3.33. The summed E-state index contributed by atoms with van der Waals surface area (Å²) in [7, 11) is 0. The molecule has 4 nitrogen and oxygen atoms in total. The van der Waals surface area contributed by atoms with Crippen LogP contribution in [0, 0.1) is 18.6 Å². The zero-order valence-electron chi connectivity index (χ0n) is 8.83. The Labute approximate surface area is 95.3 Å². The Balaban J connectivity index is 2.18. The van der Waals surface area contributed by atoms with Crippen molar-refractivity contribution in [3.63, 3.8) is 0 Å². The Morgan fingerprint density at radius 2 is 2.18 bits per heavy atom. The zero-order valence-corrected chi connectivity index (χ0v) is 8.83. The number of nitrogens with zero attached hydrogens (tertiary/aromatic N) is 1. The lowest BCUT2D eigenvalue weighted by Gasteiger charge is -2.03. The predicted octanol–water partition coefficient (Wildman–Crippen LogP) is 2.51. The Bertz CT molecular complexity index is 566. The average Bonchev–Trinajstić information content (AvgIpc) is 2.69. The number of nitrogens with one attached hydrogen (secondary N) is 1. The highest BCUT2D eigenvalue weighted by molar-refractivity contribution is 6.02. The molecule has 0 fully saturated rings. The maximum atomic E-state index is 13.2. The van der Waals surface area contributed by atoms with Crippen LogP contribution in [0.2, 0.25) is 0 Å². The first-order chi connectivity index (χ1) is 8.06. The second kappa shape index (κ2) is 4.32. The molecule has 1 heterocycles. The van der Waals surface area contributed by atoms with Gasteiger partial charge in [-0.3, -0.25) is 4.79 Å². The van der Waals surface area contributed by atoms with Crippen LogP contribution in [0.1, 0.15) is 16.4 Å². The molecule has 2 aromatic rings. The molecule has 1 aromatic carbocycles. The number of anilines is 1. The fourth-order valence-electron chi connectivity index (χ4n) is 1.24. The first-order valence-corrected chi connectivity index (χ1v) is 4.75. The summed E-state index contributed by atoms with van der Waals surface area (Å²) >= 11 is 0. The molecule has 2 rings (SSSR count). The van der Waals surface area contributed by atoms with Gasteiger partial charge in [0.1, 0.15) is 17.9 Å². The molecule has 1 aromatic heterocycles. The number of hydrogen-bond donors (Lipinski definition) is 1. The number of halogens is 2. The van der Waals surface area contributed by atoms with Gasteiger partial charge in [-0.1, -0.05) is 0 Å². The highest BCUT2D eigenvalue weighted by Crippen LogP contribution is 2.15. The molecule has 0 spiro atoms. The van der Waals surface area contributed by atoms with Crippen LogP contribution in [0.4, 0.5) is 14.5 Å². The van der Waals surface area contributed by atoms with E-state index in [1.54, 1.807) is 6.92 Å². The van der Waals surface area contributed by atoms with Gasteiger partial charge in [0.05, 0.1) is 5.69 Å². The summed E-state index contributed by atoms with van der Waals surface area (Å²) < 4.78 is 30.7. The number of carbonyl (C=O) groups excluding carboxylic acids is 1. The minimum absolute atomic E-state index is 0.0335. The molecular weight excluding hydrogens is 230 g/mol. The van der Waals surface area contributed by atoms with Crippen molar-refractivity contribution in [1.29, 1.82) is 0 Å². The van der Waals surface area contributed by atoms with Gasteiger partial charge in [0.15, 0.2) is 11.6 Å². The molecule has 0 saturated heterocycles. The van der Waals surface area contributed by atoms with Crippen LogP contribution in [0.15, 0.2) is 28.9 Å². The van der Waals surface area contributed by atoms with Crippen molar-refractivity contribution in [2.24, 2.45) is 0 Å². The van der Waals surface area contributed by atoms with Gasteiger partial charge < -0.3 is 9.73 Å². The van der Waals surface area contributed by atoms with Crippen LogP contribution in [-0.4, -0.2) is 10.9 Å². The SMILES string of the molecule is Cc1nc(C(=O)Nc2ccc(F)cc2F)co1. The first kappa shape index (κ1) is 11.3. The third kappa shape index (κ3) is 2.47. The molecule has 0 aliphatic carbocycles. The van der Waals surface area contributed by atoms with Crippen LogP contribution in [-0.2, 0) is 0 Å². The summed E-state index contributed by atoms with van der Waals surface area (Å²) in [5.74, 6) is -1.85. The minimum atomic E-state index is -0.849. The first-order valence-electron chi connectivity index (χ1n) is 4.75. The molecule has 0 bridgehead atoms. The molecule has 0 saturated carbocycles. The van der Waals surface area contributed by atoms with E-state index in [9.17, 15) is 13.6 Å². The van der Waals surface area contributed by atoms with Crippen molar-refractivity contribution in [2.45, 2.75) is 6.92 Å². The van der Waals surface area contributed by atoms with Crippen molar-refractivity contribution < 1.29 is 18.0 Å². The Morgan fingerprint density at radius 3 is 2.76 bits per heavy atom. The average molecular weight is 238 g/mol. The fourth-order valence-corrected chi connectivity index (χ4v) is 1.24. The maximum Gasteiger partial charge on any atom is 0.277 e. The number of aromatic nitrogens is 1. The van der Waals surface area contributed by atoms with Gasteiger partial charge in [-0.25, -0.2) is 13.8 Å². The molecule has 0 radical (unpaired) electrons. The summed E-state index contributed by atoms with van der Waals surface area (Å²) in [6, 6.07) is 2.87. The van der Waals surface area contributed by atoms with E-state index in [-0.39, 0.29) is 11.4 Å². The van der Waals surface area contributed by atoms with E-state index in [0.29, 0.717) is 12.0 Å². The van der Waals surface area contributed by atoms with Crippen LogP contribution in [0.5, 0.6) is 0 Å². The summed E-state index contributed by atoms with van der Waals surface area (Å²) in [5.41, 5.74) is -0.0803. The lowest BCUT2D eigenvalue weighted by Crippen LogP contribution is -2.13. The van der Waals surface area contributed by atoms with Gasteiger partial charge in [-0.15, -0.1) is 0 Å². The van der Waals surface area contributed by atoms with Gasteiger partial charge in [-0.2, -0.15) is 0 Å². The van der Waals surface area contributed by atoms with E-state index in [2.05, 4.69) is 10.3 Å². The normalized spacial score (nSPS) is 10.3. The number of benzene rings is 1. The molecule has 0 aliphatic heterocycles. The number of oxazole rings is 1. The number of amides is 1. The van der Waals surface area contributed by atoms with Crippen molar-refractivity contribution in [3.05, 3.63) is 47.7 Å². The third-order valence-electron chi connectivity index (χ3n) is 2.03. The van der Waals surface area contributed by atoms with E-state index in [0.717, 1.165) is 18.4 Å². The molecule has 0 unspecified atom stereocenters. The summed E-state index contributed by atoms with van der Waals surface area (Å²) in [4.78, 5) is 15.3. The molecule has 0 atom stereocenters. The quantitative estimate of drug-likeness (QED) is 0.874. The van der Waals surface area contributed by atoms with E-state index in [1.807, 2.05) is 0 Å². The van der Waals surface area contributed by atoms with Gasteiger partial charge in [0, 0.05) is 13.0 Å². The lowest BCUT2D eigenvalue weighted by atomic mass is 10.3. The highest BCUT2D eigenvalue weighted by atomic mass is 19.1. The lowest BCUT2D eigenvalue weighted by molar-refractivity contribution is 0.102. The van der Waals surface area contributed by atoms with Crippen molar-refractivity contribution in [3.8, 4) is 0 Å². The van der Waals surface area contributed by atoms with Crippen LogP contribution < -0.4 is 5.32 Å². The van der Waals surface area contributed by atoms with Crippen LogP contribution in [0.25, 0.3) is 0 Å². The number of aryl methyl sites for hydroxylation is 1. The van der Waals surface area contributed by atoms with Crippen LogP contribution in [0.3, 0.4) is 0 Å². The highest BCUT2D eigenvalue weighted by Gasteiger charge is 2.13. The Kier molecular flexibility index (Phi) is 2.86. The number of rotatable bonds is 2. The van der Waals surface area contributed by atoms with Crippen LogP contribution >= 0.6 is 0 Å². The Hall–Kier alpha value is -2.24. The molecule has 88 valence electrons. The predicted molar refractivity (Wildman–Crippen MR) is 55.6 cm³/mol. The minimum Gasteiger partial charge on any atom is -0.448 e. The topological polar surface area (TPSA) is 55.1 Å². The molecule has 1 amide bonds. The summed E-state index contributed by atoms with van der Waals surface area (Å²) in [6.07, 6.45) is 1.16. The van der Waals surface area contributed by atoms with Gasteiger partial charge in [0.25, 0.3) is 5.91 Å². The maximum absolute atomic E-state index is 13.2. The van der Waals surface area contributed by atoms with E-state index in [1.165, 1.54) is 0 Å². The van der Waals surface area contributed by atoms with E-state index >= 15 is 0 Å². The smallest absolute Gasteiger partial charge is 0.277 e. The number of carbonyl (C=O) groups is 1. The monoisotopic (exact) mass is 238 g/mol. The van der Waals surface area contributed by atoms with E-state index < -0.39 is 17.5 Å².